The van der Waals surface area contributed by atoms with Crippen LogP contribution in [0.2, 0.25) is 10.0 Å². The van der Waals surface area contributed by atoms with Crippen molar-refractivity contribution in [3.63, 3.8) is 0 Å². The molecule has 0 aliphatic carbocycles. The van der Waals surface area contributed by atoms with Crippen molar-refractivity contribution in [2.24, 2.45) is 0 Å². The van der Waals surface area contributed by atoms with Crippen molar-refractivity contribution >= 4 is 40.5 Å². The van der Waals surface area contributed by atoms with Crippen molar-refractivity contribution in [1.29, 1.82) is 0 Å². The minimum atomic E-state index is 0.0201. The average molecular weight is 335 g/mol. The Kier molecular flexibility index (Phi) is 8.22. The number of thiocarbonyl (C=S) groups is 1. The Morgan fingerprint density at radius 3 is 2.80 bits per heavy atom. The molecule has 0 aromatic heterocycles. The first-order valence-corrected chi connectivity index (χ1v) is 7.78. The van der Waals surface area contributed by atoms with Gasteiger partial charge in [0.2, 0.25) is 0 Å². The highest BCUT2D eigenvalue weighted by Gasteiger charge is 2.10. The van der Waals surface area contributed by atoms with E-state index in [1.54, 1.807) is 6.07 Å². The van der Waals surface area contributed by atoms with Gasteiger partial charge >= 0.3 is 0 Å². The van der Waals surface area contributed by atoms with E-state index in [-0.39, 0.29) is 6.04 Å². The molecule has 1 aromatic carbocycles. The topological polar surface area (TPSA) is 33.3 Å². The highest BCUT2D eigenvalue weighted by atomic mass is 35.5. The average Bonchev–Trinajstić information content (AvgIpc) is 2.38. The van der Waals surface area contributed by atoms with Gasteiger partial charge in [-0.2, -0.15) is 0 Å². The van der Waals surface area contributed by atoms with Gasteiger partial charge in [0.15, 0.2) is 5.11 Å². The maximum Gasteiger partial charge on any atom is 0.166 e. The molecule has 3 nitrogen and oxygen atoms in total. The van der Waals surface area contributed by atoms with E-state index < -0.39 is 0 Å². The molecule has 1 unspecified atom stereocenters. The number of nitrogens with one attached hydrogen (secondary N) is 2. The van der Waals surface area contributed by atoms with Gasteiger partial charge in [0.05, 0.1) is 6.04 Å². The maximum absolute atomic E-state index is 6.16. The van der Waals surface area contributed by atoms with Gasteiger partial charge < -0.3 is 15.4 Å². The summed E-state index contributed by atoms with van der Waals surface area (Å²) in [6.45, 7) is 6.26. The van der Waals surface area contributed by atoms with Crippen LogP contribution in [0.4, 0.5) is 0 Å². The molecule has 0 bridgehead atoms. The van der Waals surface area contributed by atoms with Gasteiger partial charge in [-0.25, -0.2) is 0 Å². The molecule has 0 amide bonds. The Hall–Kier alpha value is -0.550. The third-order valence-corrected chi connectivity index (χ3v) is 3.56. The van der Waals surface area contributed by atoms with E-state index in [1.165, 1.54) is 0 Å². The molecule has 1 rings (SSSR count). The Labute approximate surface area is 136 Å². The number of halogens is 2. The van der Waals surface area contributed by atoms with E-state index in [0.29, 0.717) is 15.2 Å². The van der Waals surface area contributed by atoms with E-state index in [2.05, 4.69) is 10.6 Å². The zero-order valence-corrected chi connectivity index (χ0v) is 14.0. The monoisotopic (exact) mass is 334 g/mol. The highest BCUT2D eigenvalue weighted by Crippen LogP contribution is 2.25. The molecule has 0 heterocycles. The lowest BCUT2D eigenvalue weighted by molar-refractivity contribution is 0.145. The molecule has 0 saturated heterocycles. The van der Waals surface area contributed by atoms with Crippen LogP contribution in [-0.2, 0) is 4.74 Å². The van der Waals surface area contributed by atoms with E-state index >= 15 is 0 Å². The van der Waals surface area contributed by atoms with Gasteiger partial charge in [-0.1, -0.05) is 29.3 Å². The molecule has 0 saturated carbocycles. The smallest absolute Gasteiger partial charge is 0.166 e. The number of benzene rings is 1. The zero-order chi connectivity index (χ0) is 15.0. The van der Waals surface area contributed by atoms with Crippen molar-refractivity contribution < 1.29 is 4.74 Å². The lowest BCUT2D eigenvalue weighted by Gasteiger charge is -2.18. The van der Waals surface area contributed by atoms with E-state index in [0.717, 1.165) is 31.7 Å². The molecule has 0 aliphatic rings. The van der Waals surface area contributed by atoms with Crippen LogP contribution in [0.1, 0.15) is 31.9 Å². The predicted molar refractivity (Wildman–Crippen MR) is 89.7 cm³/mol. The first-order chi connectivity index (χ1) is 9.54. The summed E-state index contributed by atoms with van der Waals surface area (Å²) < 4.78 is 5.26. The second-order valence-electron chi connectivity index (χ2n) is 4.34. The highest BCUT2D eigenvalue weighted by molar-refractivity contribution is 7.80. The van der Waals surface area contributed by atoms with Gasteiger partial charge in [0.1, 0.15) is 0 Å². The third-order valence-electron chi connectivity index (χ3n) is 2.73. The van der Waals surface area contributed by atoms with Crippen LogP contribution in [0.3, 0.4) is 0 Å². The fourth-order valence-corrected chi connectivity index (χ4v) is 2.55. The van der Waals surface area contributed by atoms with Crippen LogP contribution in [0.15, 0.2) is 18.2 Å². The minimum Gasteiger partial charge on any atom is -0.382 e. The third kappa shape index (κ3) is 6.27. The normalized spacial score (nSPS) is 12.0. The molecule has 1 atom stereocenters. The number of ether oxygens (including phenoxy) is 1. The molecule has 1 aromatic rings. The van der Waals surface area contributed by atoms with Crippen LogP contribution in [0.5, 0.6) is 0 Å². The van der Waals surface area contributed by atoms with Crippen LogP contribution in [0.25, 0.3) is 0 Å². The van der Waals surface area contributed by atoms with Crippen molar-refractivity contribution in [1.82, 2.24) is 10.6 Å². The second-order valence-corrected chi connectivity index (χ2v) is 5.59. The molecule has 0 fully saturated rings. The molecular weight excluding hydrogens is 315 g/mol. The molecule has 0 radical (unpaired) electrons. The summed E-state index contributed by atoms with van der Waals surface area (Å²) >= 11 is 17.3. The summed E-state index contributed by atoms with van der Waals surface area (Å²) in [5, 5.41) is 8.22. The van der Waals surface area contributed by atoms with Gasteiger partial charge in [0, 0.05) is 29.8 Å². The molecule has 0 aliphatic heterocycles. The number of hydrogen-bond donors (Lipinski definition) is 2. The van der Waals surface area contributed by atoms with Crippen molar-refractivity contribution in [2.75, 3.05) is 19.8 Å². The summed E-state index contributed by atoms with van der Waals surface area (Å²) in [6.07, 6.45) is 0.922. The Balaban J connectivity index is 2.37. The van der Waals surface area contributed by atoms with Crippen molar-refractivity contribution in [3.8, 4) is 0 Å². The fraction of sp³-hybridized carbons (Fsp3) is 0.500. The van der Waals surface area contributed by atoms with E-state index in [9.17, 15) is 0 Å². The van der Waals surface area contributed by atoms with Gasteiger partial charge in [-0.15, -0.1) is 0 Å². The second kappa shape index (κ2) is 9.40. The first-order valence-electron chi connectivity index (χ1n) is 6.61. The van der Waals surface area contributed by atoms with Crippen molar-refractivity contribution in [3.05, 3.63) is 33.8 Å². The van der Waals surface area contributed by atoms with E-state index in [4.69, 9.17) is 40.2 Å². The van der Waals surface area contributed by atoms with Crippen molar-refractivity contribution in [2.45, 2.75) is 26.3 Å². The standard InChI is InChI=1S/C14H20Cl2N2OS/c1-3-19-8-4-7-17-14(20)18-10(2)12-6-5-11(15)9-13(12)16/h5-6,9-10H,3-4,7-8H2,1-2H3,(H2,17,18,20). The minimum absolute atomic E-state index is 0.0201. The maximum atomic E-state index is 6.16. The number of rotatable bonds is 7. The summed E-state index contributed by atoms with van der Waals surface area (Å²) in [4.78, 5) is 0. The van der Waals surface area contributed by atoms with Gasteiger partial charge in [0.25, 0.3) is 0 Å². The Morgan fingerprint density at radius 1 is 1.40 bits per heavy atom. The summed E-state index contributed by atoms with van der Waals surface area (Å²) in [5.74, 6) is 0. The molecule has 2 N–H and O–H groups in total. The van der Waals surface area contributed by atoms with Crippen LogP contribution in [0, 0.1) is 0 Å². The molecule has 20 heavy (non-hydrogen) atoms. The Bertz CT molecular complexity index is 443. The SMILES string of the molecule is CCOCCCNC(=S)NC(C)c1ccc(Cl)cc1Cl. The van der Waals surface area contributed by atoms with Crippen LogP contribution in [-0.4, -0.2) is 24.9 Å². The Morgan fingerprint density at radius 2 is 2.15 bits per heavy atom. The van der Waals surface area contributed by atoms with Crippen LogP contribution < -0.4 is 10.6 Å². The molecule has 112 valence electrons. The summed E-state index contributed by atoms with van der Waals surface area (Å²) in [6, 6.07) is 5.47. The molecule has 0 spiro atoms. The van der Waals surface area contributed by atoms with Gasteiger partial charge in [-0.05, 0) is 50.2 Å². The number of hydrogen-bond acceptors (Lipinski definition) is 2. The van der Waals surface area contributed by atoms with Crippen LogP contribution >= 0.6 is 35.4 Å². The van der Waals surface area contributed by atoms with E-state index in [1.807, 2.05) is 26.0 Å². The largest absolute Gasteiger partial charge is 0.382 e. The predicted octanol–water partition coefficient (Wildman–Crippen LogP) is 3.95. The fourth-order valence-electron chi connectivity index (χ4n) is 1.70. The summed E-state index contributed by atoms with van der Waals surface area (Å²) in [5.41, 5.74) is 0.967. The lowest BCUT2D eigenvalue weighted by Crippen LogP contribution is -2.37. The van der Waals surface area contributed by atoms with Gasteiger partial charge in [-0.3, -0.25) is 0 Å². The lowest BCUT2D eigenvalue weighted by atomic mass is 10.1. The molecular formula is C14H20Cl2N2OS. The quantitative estimate of drug-likeness (QED) is 0.584. The first kappa shape index (κ1) is 17.5. The summed E-state index contributed by atoms with van der Waals surface area (Å²) in [7, 11) is 0. The zero-order valence-electron chi connectivity index (χ0n) is 11.7. The molecule has 6 heteroatoms.